The molecule has 0 atom stereocenters. The lowest BCUT2D eigenvalue weighted by Crippen LogP contribution is -2.35. The topological polar surface area (TPSA) is 23.5 Å². The molecule has 1 aliphatic heterocycles. The molecule has 1 saturated heterocycles. The molecule has 0 radical (unpaired) electrons. The molecule has 0 bridgehead atoms. The molecule has 1 aliphatic rings. The molecule has 0 spiro atoms. The molecular weight excluding hydrogens is 193 g/mol. The van der Waals surface area contributed by atoms with E-state index in [-0.39, 0.29) is 11.9 Å². The fourth-order valence-corrected chi connectivity index (χ4v) is 1.95. The molecule has 1 fully saturated rings. The number of aliphatic hydroxyl groups excluding tert-OH is 1. The summed E-state index contributed by atoms with van der Waals surface area (Å²) in [4.78, 5) is 2.19. The van der Waals surface area contributed by atoms with Crippen LogP contribution in [0.4, 0.5) is 10.1 Å². The van der Waals surface area contributed by atoms with Crippen LogP contribution in [0, 0.1) is 12.7 Å². The highest BCUT2D eigenvalue weighted by Crippen LogP contribution is 2.22. The molecular formula is C12H16FNO. The Morgan fingerprint density at radius 3 is 2.60 bits per heavy atom. The summed E-state index contributed by atoms with van der Waals surface area (Å²) in [5, 5.41) is 9.39. The molecule has 0 unspecified atom stereocenters. The molecule has 15 heavy (non-hydrogen) atoms. The first kappa shape index (κ1) is 10.4. The van der Waals surface area contributed by atoms with Crippen LogP contribution < -0.4 is 4.90 Å². The molecule has 0 aliphatic carbocycles. The number of nitrogens with zero attached hydrogens (tertiary/aromatic N) is 1. The summed E-state index contributed by atoms with van der Waals surface area (Å²) in [6.45, 7) is 3.48. The molecule has 1 heterocycles. The van der Waals surface area contributed by atoms with E-state index < -0.39 is 0 Å². The first-order valence-corrected chi connectivity index (χ1v) is 5.36. The maximum atomic E-state index is 13.1. The monoisotopic (exact) mass is 209 g/mol. The Morgan fingerprint density at radius 1 is 1.33 bits per heavy atom. The molecule has 0 aromatic heterocycles. The van der Waals surface area contributed by atoms with Crippen molar-refractivity contribution in [2.45, 2.75) is 25.9 Å². The van der Waals surface area contributed by atoms with Gasteiger partial charge in [-0.3, -0.25) is 0 Å². The van der Waals surface area contributed by atoms with Gasteiger partial charge in [0.25, 0.3) is 0 Å². The molecule has 82 valence electrons. The number of aryl methyl sites for hydroxylation is 1. The van der Waals surface area contributed by atoms with Crippen LogP contribution >= 0.6 is 0 Å². The second-order valence-electron chi connectivity index (χ2n) is 4.15. The molecule has 2 nitrogen and oxygen atoms in total. The first-order chi connectivity index (χ1) is 7.16. The summed E-state index contributed by atoms with van der Waals surface area (Å²) in [5.74, 6) is -0.157. The molecule has 1 aromatic rings. The quantitative estimate of drug-likeness (QED) is 0.765. The number of hydrogen-bond acceptors (Lipinski definition) is 2. The fraction of sp³-hybridized carbons (Fsp3) is 0.500. The van der Waals surface area contributed by atoms with Gasteiger partial charge < -0.3 is 10.0 Å². The summed E-state index contributed by atoms with van der Waals surface area (Å²) in [6.07, 6.45) is 1.44. The van der Waals surface area contributed by atoms with Crippen LogP contribution in [-0.2, 0) is 0 Å². The highest BCUT2D eigenvalue weighted by atomic mass is 19.1. The van der Waals surface area contributed by atoms with Gasteiger partial charge in [0.05, 0.1) is 6.10 Å². The number of anilines is 1. The zero-order valence-corrected chi connectivity index (χ0v) is 8.91. The fourth-order valence-electron chi connectivity index (χ4n) is 1.95. The second-order valence-corrected chi connectivity index (χ2v) is 4.15. The minimum Gasteiger partial charge on any atom is -0.393 e. The van der Waals surface area contributed by atoms with Gasteiger partial charge in [-0.1, -0.05) is 0 Å². The molecule has 0 amide bonds. The van der Waals surface area contributed by atoms with Crippen molar-refractivity contribution in [1.29, 1.82) is 0 Å². The summed E-state index contributed by atoms with van der Waals surface area (Å²) in [6, 6.07) is 5.18. The van der Waals surface area contributed by atoms with Crippen molar-refractivity contribution in [3.63, 3.8) is 0 Å². The SMILES string of the molecule is Cc1cc(N2CCC(O)CC2)ccc1F. The number of benzene rings is 1. The number of piperidine rings is 1. The Bertz CT molecular complexity index is 345. The lowest BCUT2D eigenvalue weighted by atomic mass is 10.1. The van der Waals surface area contributed by atoms with Crippen molar-refractivity contribution >= 4 is 5.69 Å². The van der Waals surface area contributed by atoms with Gasteiger partial charge in [-0.15, -0.1) is 0 Å². The van der Waals surface area contributed by atoms with E-state index in [0.29, 0.717) is 5.56 Å². The summed E-state index contributed by atoms with van der Waals surface area (Å²) >= 11 is 0. The van der Waals surface area contributed by atoms with E-state index in [1.165, 1.54) is 6.07 Å². The van der Waals surface area contributed by atoms with Crippen LogP contribution in [0.25, 0.3) is 0 Å². The van der Waals surface area contributed by atoms with Gasteiger partial charge in [0, 0.05) is 18.8 Å². The lowest BCUT2D eigenvalue weighted by Gasteiger charge is -2.31. The standard InChI is InChI=1S/C12H16FNO/c1-9-8-10(2-3-12(9)13)14-6-4-11(15)5-7-14/h2-3,8,11,15H,4-7H2,1H3. The third-order valence-electron chi connectivity index (χ3n) is 2.97. The van der Waals surface area contributed by atoms with E-state index in [1.807, 2.05) is 6.07 Å². The van der Waals surface area contributed by atoms with Gasteiger partial charge in [0.1, 0.15) is 5.82 Å². The predicted octanol–water partition coefficient (Wildman–Crippen LogP) is 2.10. The molecule has 3 heteroatoms. The number of halogens is 1. The van der Waals surface area contributed by atoms with Crippen molar-refractivity contribution in [2.75, 3.05) is 18.0 Å². The van der Waals surface area contributed by atoms with Crippen LogP contribution in [0.5, 0.6) is 0 Å². The molecule has 1 N–H and O–H groups in total. The average Bonchev–Trinajstić information content (AvgIpc) is 2.23. The van der Waals surface area contributed by atoms with Gasteiger partial charge in [-0.05, 0) is 43.5 Å². The average molecular weight is 209 g/mol. The maximum Gasteiger partial charge on any atom is 0.126 e. The van der Waals surface area contributed by atoms with E-state index in [2.05, 4.69) is 4.90 Å². The van der Waals surface area contributed by atoms with Crippen molar-refractivity contribution in [1.82, 2.24) is 0 Å². The smallest absolute Gasteiger partial charge is 0.126 e. The van der Waals surface area contributed by atoms with E-state index in [1.54, 1.807) is 13.0 Å². The van der Waals surface area contributed by atoms with Crippen LogP contribution in [0.1, 0.15) is 18.4 Å². The minimum absolute atomic E-state index is 0.157. The number of rotatable bonds is 1. The molecule has 1 aromatic carbocycles. The Morgan fingerprint density at radius 2 is 2.00 bits per heavy atom. The van der Waals surface area contributed by atoms with Gasteiger partial charge in [-0.25, -0.2) is 4.39 Å². The second kappa shape index (κ2) is 4.19. The summed E-state index contributed by atoms with van der Waals surface area (Å²) in [5.41, 5.74) is 1.74. The van der Waals surface area contributed by atoms with Gasteiger partial charge in [0.15, 0.2) is 0 Å². The predicted molar refractivity (Wildman–Crippen MR) is 58.6 cm³/mol. The van der Waals surface area contributed by atoms with Crippen LogP contribution in [0.3, 0.4) is 0 Å². The van der Waals surface area contributed by atoms with Crippen molar-refractivity contribution in [3.05, 3.63) is 29.6 Å². The van der Waals surface area contributed by atoms with Crippen LogP contribution in [0.2, 0.25) is 0 Å². The van der Waals surface area contributed by atoms with Gasteiger partial charge in [-0.2, -0.15) is 0 Å². The van der Waals surface area contributed by atoms with Crippen molar-refractivity contribution < 1.29 is 9.50 Å². The van der Waals surface area contributed by atoms with Crippen molar-refractivity contribution in [2.24, 2.45) is 0 Å². The Kier molecular flexibility index (Phi) is 2.91. The number of hydrogen-bond donors (Lipinski definition) is 1. The van der Waals surface area contributed by atoms with Crippen LogP contribution in [0.15, 0.2) is 18.2 Å². The summed E-state index contributed by atoms with van der Waals surface area (Å²) < 4.78 is 13.1. The van der Waals surface area contributed by atoms with E-state index in [4.69, 9.17) is 0 Å². The minimum atomic E-state index is -0.164. The van der Waals surface area contributed by atoms with Crippen molar-refractivity contribution in [3.8, 4) is 0 Å². The highest BCUT2D eigenvalue weighted by molar-refractivity contribution is 5.49. The Hall–Kier alpha value is -1.09. The van der Waals surface area contributed by atoms with Crippen LogP contribution in [-0.4, -0.2) is 24.3 Å². The Balaban J connectivity index is 2.12. The third kappa shape index (κ3) is 2.29. The maximum absolute atomic E-state index is 13.1. The Labute approximate surface area is 89.3 Å². The van der Waals surface area contributed by atoms with Gasteiger partial charge in [0.2, 0.25) is 0 Å². The third-order valence-corrected chi connectivity index (χ3v) is 2.97. The number of aliphatic hydroxyl groups is 1. The molecule has 0 saturated carbocycles. The van der Waals surface area contributed by atoms with E-state index in [0.717, 1.165) is 31.6 Å². The van der Waals surface area contributed by atoms with E-state index >= 15 is 0 Å². The highest BCUT2D eigenvalue weighted by Gasteiger charge is 2.17. The summed E-state index contributed by atoms with van der Waals surface area (Å²) in [7, 11) is 0. The van der Waals surface area contributed by atoms with E-state index in [9.17, 15) is 9.50 Å². The van der Waals surface area contributed by atoms with Gasteiger partial charge >= 0.3 is 0 Å². The lowest BCUT2D eigenvalue weighted by molar-refractivity contribution is 0.145. The zero-order valence-electron chi connectivity index (χ0n) is 8.91. The zero-order chi connectivity index (χ0) is 10.8. The largest absolute Gasteiger partial charge is 0.393 e. The molecule has 2 rings (SSSR count). The first-order valence-electron chi connectivity index (χ1n) is 5.36. The normalized spacial score (nSPS) is 18.2.